The second-order valence-corrected chi connectivity index (χ2v) is 6.35. The molecule has 0 saturated carbocycles. The van der Waals surface area contributed by atoms with Crippen LogP contribution in [0.5, 0.6) is 0 Å². The molecule has 0 saturated heterocycles. The van der Waals surface area contributed by atoms with Crippen molar-refractivity contribution in [2.75, 3.05) is 6.61 Å². The van der Waals surface area contributed by atoms with Gasteiger partial charge in [-0.3, -0.25) is 0 Å². The zero-order valence-electron chi connectivity index (χ0n) is 11.7. The van der Waals surface area contributed by atoms with Crippen molar-refractivity contribution in [3.63, 3.8) is 0 Å². The molecule has 0 N–H and O–H groups in total. The summed E-state index contributed by atoms with van der Waals surface area (Å²) >= 11 is 0. The second-order valence-electron chi connectivity index (χ2n) is 6.35. The van der Waals surface area contributed by atoms with Crippen LogP contribution in [-0.4, -0.2) is 18.0 Å². The fourth-order valence-electron chi connectivity index (χ4n) is 1.85. The Bertz CT molecular complexity index is 441. The van der Waals surface area contributed by atoms with Crippen molar-refractivity contribution in [1.29, 1.82) is 0 Å². The maximum atomic E-state index is 5.63. The minimum absolute atomic E-state index is 0. The van der Waals surface area contributed by atoms with E-state index in [1.807, 2.05) is 0 Å². The molecule has 1 aliphatic rings. The summed E-state index contributed by atoms with van der Waals surface area (Å²) < 4.78 is 5.63. The lowest BCUT2D eigenvalue weighted by Gasteiger charge is -2.19. The predicted octanol–water partition coefficient (Wildman–Crippen LogP) is 0.544. The molecule has 18 heavy (non-hydrogen) atoms. The average Bonchev–Trinajstić information content (AvgIpc) is 2.58. The van der Waals surface area contributed by atoms with E-state index in [2.05, 4.69) is 63.9 Å². The Labute approximate surface area is 116 Å². The summed E-state index contributed by atoms with van der Waals surface area (Å²) in [7, 11) is 0. The van der Waals surface area contributed by atoms with Gasteiger partial charge in [-0.05, 0) is 37.0 Å². The van der Waals surface area contributed by atoms with Gasteiger partial charge in [0.05, 0.1) is 5.54 Å². The van der Waals surface area contributed by atoms with E-state index in [0.717, 1.165) is 11.5 Å². The van der Waals surface area contributed by atoms with Gasteiger partial charge in [0, 0.05) is 5.56 Å². The van der Waals surface area contributed by atoms with Gasteiger partial charge in [-0.15, -0.1) is 0 Å². The summed E-state index contributed by atoms with van der Waals surface area (Å²) in [5, 5.41) is 0. The summed E-state index contributed by atoms with van der Waals surface area (Å²) in [6, 6.07) is 8.51. The van der Waals surface area contributed by atoms with Crippen molar-refractivity contribution < 1.29 is 17.1 Å². The zero-order valence-corrected chi connectivity index (χ0v) is 12.5. The van der Waals surface area contributed by atoms with Gasteiger partial charge >= 0.3 is 0 Å². The van der Waals surface area contributed by atoms with Gasteiger partial charge in [0.2, 0.25) is 5.90 Å². The third kappa shape index (κ3) is 3.26. The zero-order chi connectivity index (χ0) is 12.7. The minimum atomic E-state index is -0.0853. The van der Waals surface area contributed by atoms with Crippen LogP contribution >= 0.6 is 0 Å². The first-order chi connectivity index (χ1) is 7.78. The number of hydrogen-bond acceptors (Lipinski definition) is 2. The fourth-order valence-corrected chi connectivity index (χ4v) is 1.85. The summed E-state index contributed by atoms with van der Waals surface area (Å²) in [4.78, 5) is 4.58. The molecule has 2 nitrogen and oxygen atoms in total. The van der Waals surface area contributed by atoms with Gasteiger partial charge in [0.1, 0.15) is 6.61 Å². The third-order valence-corrected chi connectivity index (χ3v) is 2.96. The average molecular weight is 267 g/mol. The van der Waals surface area contributed by atoms with E-state index in [1.54, 1.807) is 0 Å². The van der Waals surface area contributed by atoms with E-state index in [0.29, 0.717) is 6.61 Å². The number of halogens is 1. The van der Waals surface area contributed by atoms with Gasteiger partial charge in [-0.2, -0.15) is 0 Å². The molecule has 1 aromatic carbocycles. The van der Waals surface area contributed by atoms with Gasteiger partial charge in [-0.25, -0.2) is 4.99 Å². The summed E-state index contributed by atoms with van der Waals surface area (Å²) in [5.74, 6) is 0.774. The lowest BCUT2D eigenvalue weighted by atomic mass is 9.87. The maximum Gasteiger partial charge on any atom is 0.216 e. The minimum Gasteiger partial charge on any atom is -1.00 e. The second kappa shape index (κ2) is 4.93. The van der Waals surface area contributed by atoms with Crippen LogP contribution in [0, 0.1) is 0 Å². The van der Waals surface area contributed by atoms with Crippen molar-refractivity contribution in [3.05, 3.63) is 35.4 Å². The Morgan fingerprint density at radius 3 is 2.06 bits per heavy atom. The van der Waals surface area contributed by atoms with Crippen molar-refractivity contribution in [2.24, 2.45) is 4.99 Å². The van der Waals surface area contributed by atoms with Crippen molar-refractivity contribution in [3.8, 4) is 0 Å². The molecule has 0 radical (unpaired) electrons. The molecule has 2 rings (SSSR count). The normalized spacial score (nSPS) is 17.7. The van der Waals surface area contributed by atoms with Crippen LogP contribution in [0.3, 0.4) is 0 Å². The van der Waals surface area contributed by atoms with Crippen LogP contribution in [-0.2, 0) is 10.2 Å². The first kappa shape index (κ1) is 15.0. The van der Waals surface area contributed by atoms with Crippen LogP contribution in [0.15, 0.2) is 29.3 Å². The predicted molar refractivity (Wildman–Crippen MR) is 71.7 cm³/mol. The molecular formula is C15H21ClNO-. The van der Waals surface area contributed by atoms with E-state index < -0.39 is 0 Å². The van der Waals surface area contributed by atoms with Crippen molar-refractivity contribution in [2.45, 2.75) is 45.6 Å². The molecule has 0 amide bonds. The van der Waals surface area contributed by atoms with Crippen molar-refractivity contribution >= 4 is 5.90 Å². The van der Waals surface area contributed by atoms with Gasteiger partial charge in [0.15, 0.2) is 0 Å². The number of hydrogen-bond donors (Lipinski definition) is 0. The highest BCUT2D eigenvalue weighted by atomic mass is 35.5. The SMILES string of the molecule is CC1(C)COC(c2ccc(C(C)(C)C)cc2)=N1.[Cl-]. The number of nitrogens with zero attached hydrogens (tertiary/aromatic N) is 1. The summed E-state index contributed by atoms with van der Waals surface area (Å²) in [6.07, 6.45) is 0. The lowest BCUT2D eigenvalue weighted by Crippen LogP contribution is -3.00. The highest BCUT2D eigenvalue weighted by Crippen LogP contribution is 2.24. The van der Waals surface area contributed by atoms with Crippen LogP contribution in [0.2, 0.25) is 0 Å². The topological polar surface area (TPSA) is 21.6 Å². The van der Waals surface area contributed by atoms with E-state index >= 15 is 0 Å². The maximum absolute atomic E-state index is 5.63. The monoisotopic (exact) mass is 266 g/mol. The molecule has 0 fully saturated rings. The molecule has 3 heteroatoms. The number of aliphatic imine (C=N–C) groups is 1. The fraction of sp³-hybridized carbons (Fsp3) is 0.533. The Morgan fingerprint density at radius 1 is 1.11 bits per heavy atom. The molecule has 0 bridgehead atoms. The molecule has 100 valence electrons. The Kier molecular flexibility index (Phi) is 4.12. The highest BCUT2D eigenvalue weighted by Gasteiger charge is 2.27. The molecule has 1 aliphatic heterocycles. The summed E-state index contributed by atoms with van der Waals surface area (Å²) in [6.45, 7) is 11.5. The number of rotatable bonds is 1. The van der Waals surface area contributed by atoms with Crippen molar-refractivity contribution in [1.82, 2.24) is 0 Å². The van der Waals surface area contributed by atoms with Crippen LogP contribution in [0.25, 0.3) is 0 Å². The Morgan fingerprint density at radius 2 is 1.67 bits per heavy atom. The Hall–Kier alpha value is -1.02. The van der Waals surface area contributed by atoms with Gasteiger partial charge in [-0.1, -0.05) is 32.9 Å². The van der Waals surface area contributed by atoms with E-state index in [-0.39, 0.29) is 23.4 Å². The lowest BCUT2D eigenvalue weighted by molar-refractivity contribution is -0.00000475. The molecule has 0 aromatic heterocycles. The van der Waals surface area contributed by atoms with Gasteiger partial charge < -0.3 is 17.1 Å². The smallest absolute Gasteiger partial charge is 0.216 e. The van der Waals surface area contributed by atoms with E-state index in [9.17, 15) is 0 Å². The highest BCUT2D eigenvalue weighted by molar-refractivity contribution is 5.95. The van der Waals surface area contributed by atoms with E-state index in [4.69, 9.17) is 4.74 Å². The molecular weight excluding hydrogens is 246 g/mol. The molecule has 0 unspecified atom stereocenters. The molecule has 1 aromatic rings. The quantitative estimate of drug-likeness (QED) is 0.727. The molecule has 1 heterocycles. The third-order valence-electron chi connectivity index (χ3n) is 2.96. The van der Waals surface area contributed by atoms with Crippen LogP contribution in [0.1, 0.15) is 45.7 Å². The standard InChI is InChI=1S/C15H21NO.ClH/c1-14(2,3)12-8-6-11(7-9-12)13-16-15(4,5)10-17-13;/h6-9H,10H2,1-5H3;1H/p-1. The molecule has 0 atom stereocenters. The van der Waals surface area contributed by atoms with E-state index in [1.165, 1.54) is 5.56 Å². The Balaban J connectivity index is 0.00000162. The molecule has 0 spiro atoms. The molecule has 0 aliphatic carbocycles. The van der Waals surface area contributed by atoms with Crippen LogP contribution in [0.4, 0.5) is 0 Å². The number of ether oxygens (including phenoxy) is 1. The largest absolute Gasteiger partial charge is 1.00 e. The van der Waals surface area contributed by atoms with Gasteiger partial charge in [0.25, 0.3) is 0 Å². The summed E-state index contributed by atoms with van der Waals surface area (Å²) in [5.41, 5.74) is 2.51. The van der Waals surface area contributed by atoms with Crippen LogP contribution < -0.4 is 12.4 Å². The first-order valence-electron chi connectivity index (χ1n) is 6.11. The first-order valence-corrected chi connectivity index (χ1v) is 6.11. The number of benzene rings is 1.